The van der Waals surface area contributed by atoms with Crippen molar-refractivity contribution in [2.24, 2.45) is 0 Å². The van der Waals surface area contributed by atoms with Crippen molar-refractivity contribution in [3.05, 3.63) is 200 Å². The first-order chi connectivity index (χ1) is 29.9. The van der Waals surface area contributed by atoms with Crippen LogP contribution in [0.5, 0.6) is 0 Å². The molecule has 0 radical (unpaired) electrons. The summed E-state index contributed by atoms with van der Waals surface area (Å²) in [6, 6.07) is 55.5. The van der Waals surface area contributed by atoms with Crippen molar-refractivity contribution in [1.29, 1.82) is 0 Å². The van der Waals surface area contributed by atoms with Crippen LogP contribution in [0.25, 0.3) is 100 Å². The number of aromatic nitrogens is 5. The van der Waals surface area contributed by atoms with Crippen LogP contribution in [0.4, 0.5) is 0 Å². The fourth-order valence-electron chi connectivity index (χ4n) is 7.92. The number of para-hydroxylation sites is 2. The van der Waals surface area contributed by atoms with Gasteiger partial charge in [-0.3, -0.25) is 4.57 Å². The highest BCUT2D eigenvalue weighted by Gasteiger charge is 2.23. The molecule has 0 spiro atoms. The molecule has 262 valence electrons. The van der Waals surface area contributed by atoms with Crippen LogP contribution in [-0.2, 0) is 0 Å². The molecule has 11 rings (SSSR count). The molecule has 0 aliphatic carbocycles. The van der Waals surface area contributed by atoms with Crippen LogP contribution in [0.3, 0.4) is 0 Å². The van der Waals surface area contributed by atoms with Gasteiger partial charge in [0.2, 0.25) is 5.95 Å². The smallest absolute Gasteiger partial charge is 0.238 e. The zero-order valence-corrected chi connectivity index (χ0v) is 29.9. The molecule has 11 aromatic rings. The molecule has 3 heterocycles. The van der Waals surface area contributed by atoms with Gasteiger partial charge in [-0.15, -0.1) is 0 Å². The van der Waals surface area contributed by atoms with Crippen molar-refractivity contribution in [3.63, 3.8) is 0 Å². The van der Waals surface area contributed by atoms with E-state index in [4.69, 9.17) is 21.8 Å². The SMILES string of the molecule is [2H]c1c([2H])c([2H])c(-c2nc(-c3ccc(-c4ccccc4)cc3)nc(-n3c4ccccc4c4ccc5c6ccccc6n(-c6ccc(-c7ccccc7)cc6)c5c43)n2)c([2H])c1[2H]. The molecule has 0 fully saturated rings. The number of fused-ring (bicyclic) bond motifs is 7. The summed E-state index contributed by atoms with van der Waals surface area (Å²) in [7, 11) is 0. The lowest BCUT2D eigenvalue weighted by Crippen LogP contribution is -2.07. The van der Waals surface area contributed by atoms with E-state index in [1.165, 1.54) is 0 Å². The third-order valence-electron chi connectivity index (χ3n) is 10.5. The van der Waals surface area contributed by atoms with Gasteiger partial charge in [-0.2, -0.15) is 9.97 Å². The van der Waals surface area contributed by atoms with Crippen LogP contribution in [0.2, 0.25) is 0 Å². The molecule has 5 heteroatoms. The number of hydrogen-bond donors (Lipinski definition) is 0. The zero-order chi connectivity index (χ0) is 41.4. The van der Waals surface area contributed by atoms with Crippen molar-refractivity contribution in [1.82, 2.24) is 24.1 Å². The van der Waals surface area contributed by atoms with Crippen molar-refractivity contribution in [3.8, 4) is 56.7 Å². The average molecular weight is 721 g/mol. The van der Waals surface area contributed by atoms with Gasteiger partial charge in [0.05, 0.1) is 28.9 Å². The van der Waals surface area contributed by atoms with Crippen LogP contribution in [0.1, 0.15) is 6.85 Å². The first-order valence-corrected chi connectivity index (χ1v) is 18.5. The molecule has 5 nitrogen and oxygen atoms in total. The maximum absolute atomic E-state index is 8.96. The number of nitrogens with zero attached hydrogens (tertiary/aromatic N) is 5. The van der Waals surface area contributed by atoms with Crippen LogP contribution < -0.4 is 0 Å². The van der Waals surface area contributed by atoms with Gasteiger partial charge < -0.3 is 4.57 Å². The molecular formula is C51H33N5. The van der Waals surface area contributed by atoms with E-state index in [-0.39, 0.29) is 17.3 Å². The maximum atomic E-state index is 8.96. The Labute approximate surface area is 330 Å². The normalized spacial score (nSPS) is 12.8. The zero-order valence-electron chi connectivity index (χ0n) is 34.9. The van der Waals surface area contributed by atoms with Gasteiger partial charge in [-0.25, -0.2) is 4.98 Å². The first kappa shape index (κ1) is 27.0. The van der Waals surface area contributed by atoms with Crippen LogP contribution >= 0.6 is 0 Å². The fraction of sp³-hybridized carbons (Fsp3) is 0. The Hall–Kier alpha value is -7.63. The summed E-state index contributed by atoms with van der Waals surface area (Å²) in [5.41, 5.74) is 9.53. The molecule has 0 aliphatic heterocycles. The second-order valence-corrected chi connectivity index (χ2v) is 13.7. The molecule has 3 aromatic heterocycles. The minimum Gasteiger partial charge on any atom is -0.307 e. The van der Waals surface area contributed by atoms with E-state index in [2.05, 4.69) is 83.4 Å². The van der Waals surface area contributed by atoms with Crippen LogP contribution in [0.15, 0.2) is 200 Å². The van der Waals surface area contributed by atoms with Crippen molar-refractivity contribution < 1.29 is 6.85 Å². The summed E-state index contributed by atoms with van der Waals surface area (Å²) in [6.07, 6.45) is 0. The van der Waals surface area contributed by atoms with Crippen molar-refractivity contribution in [2.45, 2.75) is 0 Å². The predicted octanol–water partition coefficient (Wildman–Crippen LogP) is 12.7. The summed E-state index contributed by atoms with van der Waals surface area (Å²) >= 11 is 0. The third kappa shape index (κ3) is 5.21. The van der Waals surface area contributed by atoms with E-state index in [0.717, 1.165) is 71.6 Å². The van der Waals surface area contributed by atoms with Gasteiger partial charge in [-0.05, 0) is 46.5 Å². The maximum Gasteiger partial charge on any atom is 0.238 e. The van der Waals surface area contributed by atoms with E-state index in [0.29, 0.717) is 11.4 Å². The molecule has 0 aliphatic rings. The quantitative estimate of drug-likeness (QED) is 0.172. The Balaban J connectivity index is 1.23. The predicted molar refractivity (Wildman–Crippen MR) is 230 cm³/mol. The summed E-state index contributed by atoms with van der Waals surface area (Å²) in [5.74, 6) is 0.509. The second kappa shape index (κ2) is 13.0. The molecule has 56 heavy (non-hydrogen) atoms. The fourth-order valence-corrected chi connectivity index (χ4v) is 7.92. The first-order valence-electron chi connectivity index (χ1n) is 21.0. The van der Waals surface area contributed by atoms with Gasteiger partial charge in [0.1, 0.15) is 0 Å². The number of rotatable bonds is 6. The lowest BCUT2D eigenvalue weighted by molar-refractivity contribution is 0.953. The molecule has 0 atom stereocenters. The lowest BCUT2D eigenvalue weighted by Gasteiger charge is -2.14. The van der Waals surface area contributed by atoms with E-state index in [1.54, 1.807) is 0 Å². The number of benzene rings is 8. The molecule has 0 saturated heterocycles. The largest absolute Gasteiger partial charge is 0.307 e. The molecule has 0 unspecified atom stereocenters. The molecule has 0 saturated carbocycles. The van der Waals surface area contributed by atoms with Crippen molar-refractivity contribution >= 4 is 43.6 Å². The molecule has 0 N–H and O–H groups in total. The van der Waals surface area contributed by atoms with E-state index < -0.39 is 30.2 Å². The Morgan fingerprint density at radius 3 is 1.38 bits per heavy atom. The summed E-state index contributed by atoms with van der Waals surface area (Å²) < 4.78 is 47.6. The number of hydrogen-bond acceptors (Lipinski definition) is 3. The topological polar surface area (TPSA) is 48.5 Å². The van der Waals surface area contributed by atoms with Crippen LogP contribution in [0, 0.1) is 0 Å². The van der Waals surface area contributed by atoms with Gasteiger partial charge in [0.25, 0.3) is 0 Å². The van der Waals surface area contributed by atoms with Crippen molar-refractivity contribution in [2.75, 3.05) is 0 Å². The van der Waals surface area contributed by atoms with Gasteiger partial charge in [0, 0.05) is 38.4 Å². The summed E-state index contributed by atoms with van der Waals surface area (Å²) in [5, 5.41) is 4.08. The standard InChI is InChI=1S/C51H33N5/c1-4-14-34(15-5-1)36-24-26-39(27-25-36)50-52-49(38-18-8-3-9-19-38)53-51(54-50)56-46-23-13-11-21-42(46)44-33-32-43-41-20-10-12-22-45(41)55(47(43)48(44)56)40-30-28-37(29-31-40)35-16-6-2-7-17-35/h1-33H/i3D,8D,9D,18D,19D. The molecule has 0 bridgehead atoms. The Morgan fingerprint density at radius 2 is 0.786 bits per heavy atom. The van der Waals surface area contributed by atoms with Gasteiger partial charge in [-0.1, -0.05) is 176 Å². The summed E-state index contributed by atoms with van der Waals surface area (Å²) in [6.45, 7) is 0. The van der Waals surface area contributed by atoms with E-state index in [9.17, 15) is 0 Å². The Bertz CT molecular complexity index is 3480. The Morgan fingerprint density at radius 1 is 0.339 bits per heavy atom. The lowest BCUT2D eigenvalue weighted by atomic mass is 10.0. The summed E-state index contributed by atoms with van der Waals surface area (Å²) in [4.78, 5) is 15.1. The van der Waals surface area contributed by atoms with Gasteiger partial charge in [0.15, 0.2) is 11.6 Å². The highest BCUT2D eigenvalue weighted by molar-refractivity contribution is 6.23. The molecule has 0 amide bonds. The second-order valence-electron chi connectivity index (χ2n) is 13.7. The molecule has 8 aromatic carbocycles. The highest BCUT2D eigenvalue weighted by atomic mass is 15.2. The van der Waals surface area contributed by atoms with E-state index in [1.807, 2.05) is 95.6 Å². The monoisotopic (exact) mass is 720 g/mol. The Kier molecular flexibility index (Phi) is 6.29. The average Bonchev–Trinajstić information content (AvgIpc) is 3.84. The van der Waals surface area contributed by atoms with E-state index >= 15 is 0 Å². The highest BCUT2D eigenvalue weighted by Crippen LogP contribution is 2.42. The third-order valence-corrected chi connectivity index (χ3v) is 10.5. The van der Waals surface area contributed by atoms with Gasteiger partial charge >= 0.3 is 0 Å². The van der Waals surface area contributed by atoms with Crippen LogP contribution in [-0.4, -0.2) is 24.1 Å². The minimum absolute atomic E-state index is 0.0284. The minimum atomic E-state index is -0.487. The molecular weight excluding hydrogens is 683 g/mol.